The van der Waals surface area contributed by atoms with E-state index in [-0.39, 0.29) is 11.9 Å². The van der Waals surface area contributed by atoms with Gasteiger partial charge in [0.15, 0.2) is 0 Å². The minimum Gasteiger partial charge on any atom is -0.347 e. The molecule has 3 heteroatoms. The summed E-state index contributed by atoms with van der Waals surface area (Å²) in [6.07, 6.45) is 2.33. The van der Waals surface area contributed by atoms with Gasteiger partial charge in [0.05, 0.1) is 6.04 Å². The summed E-state index contributed by atoms with van der Waals surface area (Å²) in [5.74, 6) is 0.432. The Balaban J connectivity index is 1.73. The lowest BCUT2D eigenvalue weighted by atomic mass is 10.0. The molecule has 0 saturated heterocycles. The predicted molar refractivity (Wildman–Crippen MR) is 83.4 cm³/mol. The van der Waals surface area contributed by atoms with Crippen LogP contribution in [0.4, 0.5) is 0 Å². The Morgan fingerprint density at radius 3 is 2.00 bits per heavy atom. The Bertz CT molecular complexity index is 593. The van der Waals surface area contributed by atoms with Crippen LogP contribution in [0.15, 0.2) is 60.7 Å². The van der Waals surface area contributed by atoms with Crippen LogP contribution in [0.25, 0.3) is 0 Å². The normalized spacial score (nSPS) is 17.0. The van der Waals surface area contributed by atoms with Crippen molar-refractivity contribution in [2.24, 2.45) is 11.7 Å². The van der Waals surface area contributed by atoms with Crippen molar-refractivity contribution >= 4 is 5.91 Å². The zero-order chi connectivity index (χ0) is 14.7. The zero-order valence-electron chi connectivity index (χ0n) is 11.9. The number of amides is 1. The van der Waals surface area contributed by atoms with Crippen molar-refractivity contribution in [2.75, 3.05) is 0 Å². The van der Waals surface area contributed by atoms with Gasteiger partial charge in [0.25, 0.3) is 0 Å². The smallest absolute Gasteiger partial charge is 0.242 e. The van der Waals surface area contributed by atoms with E-state index in [1.54, 1.807) is 0 Å². The third-order valence-electron chi connectivity index (χ3n) is 3.99. The van der Waals surface area contributed by atoms with Gasteiger partial charge in [0, 0.05) is 0 Å². The summed E-state index contributed by atoms with van der Waals surface area (Å²) in [5.41, 5.74) is 8.08. The first-order chi connectivity index (χ1) is 10.3. The maximum absolute atomic E-state index is 12.4. The van der Waals surface area contributed by atoms with Crippen molar-refractivity contribution in [3.8, 4) is 0 Å². The number of benzene rings is 2. The van der Waals surface area contributed by atoms with Gasteiger partial charge in [0.1, 0.15) is 6.04 Å². The average Bonchev–Trinajstić information content (AvgIpc) is 3.38. The number of nitrogens with two attached hydrogens (primary N) is 1. The quantitative estimate of drug-likeness (QED) is 0.884. The van der Waals surface area contributed by atoms with Crippen molar-refractivity contribution in [2.45, 2.75) is 24.9 Å². The largest absolute Gasteiger partial charge is 0.347 e. The molecule has 0 spiro atoms. The lowest BCUT2D eigenvalue weighted by molar-refractivity contribution is -0.123. The Labute approximate surface area is 125 Å². The number of hydrogen-bond donors (Lipinski definition) is 2. The highest BCUT2D eigenvalue weighted by atomic mass is 16.2. The van der Waals surface area contributed by atoms with Gasteiger partial charge >= 0.3 is 0 Å². The highest BCUT2D eigenvalue weighted by Crippen LogP contribution is 2.41. The third-order valence-corrected chi connectivity index (χ3v) is 3.99. The fraction of sp³-hybridized carbons (Fsp3) is 0.278. The number of nitrogens with one attached hydrogen (secondary N) is 1. The highest BCUT2D eigenvalue weighted by Gasteiger charge is 2.34. The van der Waals surface area contributed by atoms with E-state index in [2.05, 4.69) is 17.4 Å². The minimum absolute atomic E-state index is 0.0773. The van der Waals surface area contributed by atoms with Crippen molar-refractivity contribution in [1.82, 2.24) is 5.32 Å². The Morgan fingerprint density at radius 1 is 0.952 bits per heavy atom. The number of carbonyl (C=O) groups is 1. The van der Waals surface area contributed by atoms with Crippen LogP contribution in [0.3, 0.4) is 0 Å². The van der Waals surface area contributed by atoms with Crippen LogP contribution in [-0.4, -0.2) is 5.91 Å². The van der Waals surface area contributed by atoms with Crippen LogP contribution in [-0.2, 0) is 4.79 Å². The summed E-state index contributed by atoms with van der Waals surface area (Å²) in [4.78, 5) is 12.4. The Kier molecular flexibility index (Phi) is 4.02. The topological polar surface area (TPSA) is 55.1 Å². The Hall–Kier alpha value is -2.13. The molecule has 1 amide bonds. The Morgan fingerprint density at radius 2 is 1.48 bits per heavy atom. The molecule has 3 nitrogen and oxygen atoms in total. The van der Waals surface area contributed by atoms with Crippen LogP contribution in [0.5, 0.6) is 0 Å². The number of hydrogen-bond acceptors (Lipinski definition) is 2. The molecule has 2 atom stereocenters. The SMILES string of the molecule is N[C@H](C(=O)NC(c1ccccc1)C1CC1)c1ccccc1. The van der Waals surface area contributed by atoms with E-state index in [9.17, 15) is 4.79 Å². The van der Waals surface area contributed by atoms with Gasteiger partial charge < -0.3 is 11.1 Å². The summed E-state index contributed by atoms with van der Waals surface area (Å²) in [6.45, 7) is 0. The first-order valence-corrected chi connectivity index (χ1v) is 7.41. The summed E-state index contributed by atoms with van der Waals surface area (Å²) in [6, 6.07) is 19.1. The van der Waals surface area contributed by atoms with Gasteiger partial charge in [-0.1, -0.05) is 60.7 Å². The summed E-state index contributed by atoms with van der Waals surface area (Å²) in [5, 5.41) is 3.13. The average molecular weight is 280 g/mol. The summed E-state index contributed by atoms with van der Waals surface area (Å²) in [7, 11) is 0. The van der Waals surface area contributed by atoms with E-state index < -0.39 is 6.04 Å². The second kappa shape index (κ2) is 6.10. The highest BCUT2D eigenvalue weighted by molar-refractivity contribution is 5.83. The molecule has 2 aromatic carbocycles. The first-order valence-electron chi connectivity index (χ1n) is 7.41. The van der Waals surface area contributed by atoms with Crippen LogP contribution >= 0.6 is 0 Å². The van der Waals surface area contributed by atoms with E-state index in [1.807, 2.05) is 48.5 Å². The second-order valence-electron chi connectivity index (χ2n) is 5.62. The van der Waals surface area contributed by atoms with Crippen LogP contribution in [0, 0.1) is 5.92 Å². The molecule has 2 aromatic rings. The predicted octanol–water partition coefficient (Wildman–Crippen LogP) is 2.95. The molecule has 1 fully saturated rings. The van der Waals surface area contributed by atoms with Crippen LogP contribution < -0.4 is 11.1 Å². The van der Waals surface area contributed by atoms with Crippen LogP contribution in [0.2, 0.25) is 0 Å². The first kappa shape index (κ1) is 13.8. The molecule has 1 aliphatic carbocycles. The fourth-order valence-electron chi connectivity index (χ4n) is 2.62. The van der Waals surface area contributed by atoms with Gasteiger partial charge in [-0.05, 0) is 29.9 Å². The van der Waals surface area contributed by atoms with E-state index >= 15 is 0 Å². The maximum Gasteiger partial charge on any atom is 0.242 e. The molecule has 0 aromatic heterocycles. The number of rotatable bonds is 5. The molecule has 0 aliphatic heterocycles. The van der Waals surface area contributed by atoms with Crippen molar-refractivity contribution in [1.29, 1.82) is 0 Å². The second-order valence-corrected chi connectivity index (χ2v) is 5.62. The van der Waals surface area contributed by atoms with E-state index in [0.717, 1.165) is 11.1 Å². The lowest BCUT2D eigenvalue weighted by Gasteiger charge is -2.21. The summed E-state index contributed by atoms with van der Waals surface area (Å²) >= 11 is 0. The molecule has 3 N–H and O–H groups in total. The van der Waals surface area contributed by atoms with Gasteiger partial charge in [-0.25, -0.2) is 0 Å². The van der Waals surface area contributed by atoms with E-state index in [1.165, 1.54) is 12.8 Å². The molecule has 1 saturated carbocycles. The fourth-order valence-corrected chi connectivity index (χ4v) is 2.62. The molecule has 0 bridgehead atoms. The van der Waals surface area contributed by atoms with Gasteiger partial charge in [0.2, 0.25) is 5.91 Å². The molecule has 3 rings (SSSR count). The van der Waals surface area contributed by atoms with E-state index in [4.69, 9.17) is 5.73 Å². The molecule has 0 radical (unpaired) electrons. The van der Waals surface area contributed by atoms with Crippen LogP contribution in [0.1, 0.15) is 36.1 Å². The zero-order valence-corrected chi connectivity index (χ0v) is 11.9. The molecule has 1 unspecified atom stereocenters. The standard InChI is InChI=1S/C18H20N2O/c19-16(13-7-3-1-4-8-13)18(21)20-17(15-11-12-15)14-9-5-2-6-10-14/h1-10,15-17H,11-12,19H2,(H,20,21)/t16-,17?/m0/s1. The molecular formula is C18H20N2O. The lowest BCUT2D eigenvalue weighted by Crippen LogP contribution is -2.37. The van der Waals surface area contributed by atoms with Crippen molar-refractivity contribution < 1.29 is 4.79 Å². The van der Waals surface area contributed by atoms with Gasteiger partial charge in [-0.3, -0.25) is 4.79 Å². The molecule has 0 heterocycles. The third kappa shape index (κ3) is 3.31. The van der Waals surface area contributed by atoms with Gasteiger partial charge in [-0.15, -0.1) is 0 Å². The monoisotopic (exact) mass is 280 g/mol. The van der Waals surface area contributed by atoms with Gasteiger partial charge in [-0.2, -0.15) is 0 Å². The molecule has 108 valence electrons. The minimum atomic E-state index is -0.615. The van der Waals surface area contributed by atoms with E-state index in [0.29, 0.717) is 5.92 Å². The van der Waals surface area contributed by atoms with Crippen molar-refractivity contribution in [3.63, 3.8) is 0 Å². The molecule has 21 heavy (non-hydrogen) atoms. The van der Waals surface area contributed by atoms with Crippen molar-refractivity contribution in [3.05, 3.63) is 71.8 Å². The molecular weight excluding hydrogens is 260 g/mol. The molecule has 1 aliphatic rings. The maximum atomic E-state index is 12.4. The number of carbonyl (C=O) groups excluding carboxylic acids is 1. The summed E-state index contributed by atoms with van der Waals surface area (Å²) < 4.78 is 0.